The summed E-state index contributed by atoms with van der Waals surface area (Å²) in [6, 6.07) is 5.98. The van der Waals surface area contributed by atoms with Crippen LogP contribution >= 0.6 is 15.9 Å². The van der Waals surface area contributed by atoms with Crippen LogP contribution < -0.4 is 11.1 Å². The predicted octanol–water partition coefficient (Wildman–Crippen LogP) is 1.05. The summed E-state index contributed by atoms with van der Waals surface area (Å²) < 4.78 is 25.0. The Kier molecular flexibility index (Phi) is 6.18. The molecule has 1 aromatic rings. The second-order valence-corrected chi connectivity index (χ2v) is 7.26. The van der Waals surface area contributed by atoms with E-state index < -0.39 is 9.84 Å². The number of halogens is 1. The van der Waals surface area contributed by atoms with E-state index in [4.69, 9.17) is 10.9 Å². The van der Waals surface area contributed by atoms with E-state index in [9.17, 15) is 8.42 Å². The molecule has 0 saturated carbocycles. The SMILES string of the molecule is C=C(Br)CNCCS(=O)(=O)c1cccc(/C(N)=N\O)c1. The van der Waals surface area contributed by atoms with E-state index in [2.05, 4.69) is 33.0 Å². The summed E-state index contributed by atoms with van der Waals surface area (Å²) in [5.41, 5.74) is 5.80. The summed E-state index contributed by atoms with van der Waals surface area (Å²) in [5.74, 6) is -0.178. The first-order chi connectivity index (χ1) is 9.36. The Hall–Kier alpha value is -1.38. The zero-order valence-corrected chi connectivity index (χ0v) is 13.1. The van der Waals surface area contributed by atoms with Crippen LogP contribution in [-0.4, -0.2) is 38.3 Å². The van der Waals surface area contributed by atoms with Crippen molar-refractivity contribution in [3.8, 4) is 0 Å². The minimum Gasteiger partial charge on any atom is -0.409 e. The van der Waals surface area contributed by atoms with Crippen molar-refractivity contribution in [1.29, 1.82) is 0 Å². The van der Waals surface area contributed by atoms with E-state index in [0.717, 1.165) is 4.48 Å². The molecule has 110 valence electrons. The second kappa shape index (κ2) is 7.41. The molecule has 20 heavy (non-hydrogen) atoms. The van der Waals surface area contributed by atoms with Crippen molar-refractivity contribution < 1.29 is 13.6 Å². The highest BCUT2D eigenvalue weighted by molar-refractivity contribution is 9.11. The van der Waals surface area contributed by atoms with Gasteiger partial charge in [-0.2, -0.15) is 0 Å². The molecule has 1 aromatic carbocycles. The van der Waals surface area contributed by atoms with Crippen LogP contribution in [0.3, 0.4) is 0 Å². The van der Waals surface area contributed by atoms with Gasteiger partial charge in [0.15, 0.2) is 15.7 Å². The quantitative estimate of drug-likeness (QED) is 0.221. The van der Waals surface area contributed by atoms with Gasteiger partial charge in [0.1, 0.15) is 0 Å². The fourth-order valence-corrected chi connectivity index (χ4v) is 2.89. The van der Waals surface area contributed by atoms with E-state index in [1.807, 2.05) is 0 Å². The number of nitrogens with one attached hydrogen (secondary N) is 1. The average molecular weight is 362 g/mol. The van der Waals surface area contributed by atoms with Gasteiger partial charge in [-0.05, 0) is 12.1 Å². The Morgan fingerprint density at radius 1 is 1.50 bits per heavy atom. The van der Waals surface area contributed by atoms with Crippen LogP contribution in [0.25, 0.3) is 0 Å². The van der Waals surface area contributed by atoms with Crippen LogP contribution in [0.2, 0.25) is 0 Å². The molecule has 0 aliphatic heterocycles. The maximum atomic E-state index is 12.1. The molecule has 0 unspecified atom stereocenters. The first-order valence-corrected chi connectivity index (χ1v) is 8.16. The zero-order valence-electron chi connectivity index (χ0n) is 10.7. The van der Waals surface area contributed by atoms with Crippen molar-refractivity contribution >= 4 is 31.6 Å². The Bertz CT molecular complexity index is 614. The molecule has 0 saturated heterocycles. The maximum absolute atomic E-state index is 12.1. The molecular formula is C12H16BrN3O3S. The number of oxime groups is 1. The molecule has 4 N–H and O–H groups in total. The molecule has 0 fully saturated rings. The van der Waals surface area contributed by atoms with Crippen molar-refractivity contribution in [2.24, 2.45) is 10.9 Å². The molecule has 0 aromatic heterocycles. The summed E-state index contributed by atoms with van der Waals surface area (Å²) in [5, 5.41) is 14.4. The third-order valence-electron chi connectivity index (χ3n) is 2.46. The van der Waals surface area contributed by atoms with Crippen molar-refractivity contribution in [2.45, 2.75) is 4.90 Å². The minimum absolute atomic E-state index is 0.0487. The molecule has 0 aliphatic rings. The van der Waals surface area contributed by atoms with E-state index in [1.165, 1.54) is 12.1 Å². The lowest BCUT2D eigenvalue weighted by Crippen LogP contribution is -2.24. The van der Waals surface area contributed by atoms with Gasteiger partial charge in [-0.1, -0.05) is 39.8 Å². The second-order valence-electron chi connectivity index (χ2n) is 4.03. The Morgan fingerprint density at radius 3 is 2.80 bits per heavy atom. The molecular weight excluding hydrogens is 346 g/mol. The number of hydrogen-bond acceptors (Lipinski definition) is 5. The number of sulfone groups is 1. The summed E-state index contributed by atoms with van der Waals surface area (Å²) in [4.78, 5) is 0.140. The molecule has 1 rings (SSSR count). The third kappa shape index (κ3) is 4.95. The standard InChI is InChI=1S/C12H16BrN3O3S/c1-9(13)8-15-5-6-20(18,19)11-4-2-3-10(7-11)12(14)16-17/h2-4,7,15,17H,1,5-6,8H2,(H2,14,16). The summed E-state index contributed by atoms with van der Waals surface area (Å²) in [6.45, 7) is 4.45. The molecule has 0 aliphatic carbocycles. The highest BCUT2D eigenvalue weighted by Crippen LogP contribution is 2.13. The maximum Gasteiger partial charge on any atom is 0.179 e. The molecule has 0 spiro atoms. The molecule has 0 radical (unpaired) electrons. The molecule has 0 amide bonds. The van der Waals surface area contributed by atoms with Crippen LogP contribution in [-0.2, 0) is 9.84 Å². The molecule has 0 heterocycles. The van der Waals surface area contributed by atoms with Crippen LogP contribution in [0, 0.1) is 0 Å². The third-order valence-corrected chi connectivity index (χ3v) is 4.46. The van der Waals surface area contributed by atoms with E-state index in [1.54, 1.807) is 12.1 Å². The van der Waals surface area contributed by atoms with Crippen molar-refractivity contribution in [3.63, 3.8) is 0 Å². The van der Waals surface area contributed by atoms with Gasteiger partial charge in [0.25, 0.3) is 0 Å². The van der Waals surface area contributed by atoms with Crippen LogP contribution in [0.5, 0.6) is 0 Å². The van der Waals surface area contributed by atoms with E-state index >= 15 is 0 Å². The number of benzene rings is 1. The Morgan fingerprint density at radius 2 is 2.20 bits per heavy atom. The van der Waals surface area contributed by atoms with Crippen LogP contribution in [0.1, 0.15) is 5.56 Å². The van der Waals surface area contributed by atoms with Gasteiger partial charge >= 0.3 is 0 Å². The topological polar surface area (TPSA) is 105 Å². The number of amidine groups is 1. The monoisotopic (exact) mass is 361 g/mol. The number of rotatable bonds is 7. The van der Waals surface area contributed by atoms with Gasteiger partial charge in [-0.15, -0.1) is 0 Å². The zero-order chi connectivity index (χ0) is 15.2. The molecule has 8 heteroatoms. The van der Waals surface area contributed by atoms with Crippen molar-refractivity contribution in [1.82, 2.24) is 5.32 Å². The van der Waals surface area contributed by atoms with Gasteiger partial charge in [0.2, 0.25) is 0 Å². The van der Waals surface area contributed by atoms with Crippen molar-refractivity contribution in [3.05, 3.63) is 40.9 Å². The van der Waals surface area contributed by atoms with Gasteiger partial charge in [-0.3, -0.25) is 0 Å². The molecule has 0 bridgehead atoms. The first-order valence-electron chi connectivity index (χ1n) is 5.71. The fourth-order valence-electron chi connectivity index (χ4n) is 1.46. The molecule has 6 nitrogen and oxygen atoms in total. The highest BCUT2D eigenvalue weighted by Gasteiger charge is 2.15. The Balaban J connectivity index is 2.80. The lowest BCUT2D eigenvalue weighted by Gasteiger charge is -2.07. The normalized spacial score (nSPS) is 12.3. The summed E-state index contributed by atoms with van der Waals surface area (Å²) in [6.07, 6.45) is 0. The van der Waals surface area contributed by atoms with E-state index in [-0.39, 0.29) is 16.5 Å². The summed E-state index contributed by atoms with van der Waals surface area (Å²) in [7, 11) is -3.42. The van der Waals surface area contributed by atoms with Crippen LogP contribution in [0.4, 0.5) is 0 Å². The van der Waals surface area contributed by atoms with E-state index in [0.29, 0.717) is 18.7 Å². The smallest absolute Gasteiger partial charge is 0.179 e. The largest absolute Gasteiger partial charge is 0.409 e. The minimum atomic E-state index is -3.42. The lowest BCUT2D eigenvalue weighted by molar-refractivity contribution is 0.318. The van der Waals surface area contributed by atoms with Gasteiger partial charge in [0.05, 0.1) is 10.6 Å². The number of hydrogen-bond donors (Lipinski definition) is 3. The highest BCUT2D eigenvalue weighted by atomic mass is 79.9. The number of nitrogens with zero attached hydrogens (tertiary/aromatic N) is 1. The lowest BCUT2D eigenvalue weighted by atomic mass is 10.2. The average Bonchev–Trinajstić information content (AvgIpc) is 2.42. The Labute approximate surface area is 126 Å². The number of nitrogens with two attached hydrogens (primary N) is 1. The van der Waals surface area contributed by atoms with Crippen molar-refractivity contribution in [2.75, 3.05) is 18.8 Å². The van der Waals surface area contributed by atoms with Crippen LogP contribution in [0.15, 0.2) is 45.4 Å². The van der Waals surface area contributed by atoms with Gasteiger partial charge < -0.3 is 16.3 Å². The fraction of sp³-hybridized carbons (Fsp3) is 0.250. The summed E-state index contributed by atoms with van der Waals surface area (Å²) >= 11 is 3.18. The van der Waals surface area contributed by atoms with Gasteiger partial charge in [0, 0.05) is 23.1 Å². The molecule has 0 atom stereocenters. The predicted molar refractivity (Wildman–Crippen MR) is 81.9 cm³/mol. The first kappa shape index (κ1) is 16.7. The van der Waals surface area contributed by atoms with Gasteiger partial charge in [-0.25, -0.2) is 8.42 Å².